The zero-order valence-electron chi connectivity index (χ0n) is 18.6. The Labute approximate surface area is 195 Å². The van der Waals surface area contributed by atoms with Gasteiger partial charge in [-0.1, -0.05) is 32.3 Å². The number of imidazole rings is 1. The maximum absolute atomic E-state index is 11.2. The van der Waals surface area contributed by atoms with Crippen molar-refractivity contribution in [2.75, 3.05) is 5.32 Å². The van der Waals surface area contributed by atoms with Gasteiger partial charge >= 0.3 is 0 Å². The van der Waals surface area contributed by atoms with Crippen molar-refractivity contribution >= 4 is 35.1 Å². The number of aromatic nitrogens is 5. The average molecular weight is 479 g/mol. The fourth-order valence-electron chi connectivity index (χ4n) is 4.02. The van der Waals surface area contributed by atoms with Crippen molar-refractivity contribution in [2.45, 2.75) is 77.0 Å². The molecule has 12 heteroatoms. The summed E-state index contributed by atoms with van der Waals surface area (Å²) in [5, 5.41) is 18.3. The standard InChI is InChI=1S/C21H27ClN6O5/c1-4-7-12-8-13(33-27-12)16-15(30)17(31-10-29)20(32-16)28-9-23-14-18(24-11(5-2)6-3)25-21(22)26-19(14)28/h8-11,15-17,20,30H,4-7H2,1-3H3,(H,24,25,26)/t15-,16-,17-,20-/m1/s1. The van der Waals surface area contributed by atoms with Crippen LogP contribution < -0.4 is 5.32 Å². The van der Waals surface area contributed by atoms with Crippen LogP contribution in [0.25, 0.3) is 11.2 Å². The molecule has 1 fully saturated rings. The number of carbonyl (C=O) groups is 1. The number of carbonyl (C=O) groups excluding carboxylic acids is 1. The van der Waals surface area contributed by atoms with Crippen LogP contribution in [0.3, 0.4) is 0 Å². The van der Waals surface area contributed by atoms with E-state index in [0.29, 0.717) is 22.7 Å². The van der Waals surface area contributed by atoms with Gasteiger partial charge in [0.25, 0.3) is 6.47 Å². The first-order valence-corrected chi connectivity index (χ1v) is 11.4. The van der Waals surface area contributed by atoms with E-state index in [0.717, 1.165) is 31.4 Å². The molecule has 11 nitrogen and oxygen atoms in total. The maximum atomic E-state index is 11.2. The third kappa shape index (κ3) is 4.53. The summed E-state index contributed by atoms with van der Waals surface area (Å²) in [6.07, 6.45) is 0.873. The lowest BCUT2D eigenvalue weighted by molar-refractivity contribution is -0.142. The Balaban J connectivity index is 1.70. The molecule has 0 aliphatic carbocycles. The molecular weight excluding hydrogens is 452 g/mol. The SMILES string of the molecule is CCCc1cc([C@H]2O[C@@H](n3cnc4c(NC(CC)CC)nc(Cl)nc43)[C@H](OC=O)[C@@H]2O)on1. The minimum atomic E-state index is -1.19. The molecule has 0 bridgehead atoms. The van der Waals surface area contributed by atoms with Gasteiger partial charge in [0.2, 0.25) is 5.28 Å². The Morgan fingerprint density at radius 1 is 1.33 bits per heavy atom. The summed E-state index contributed by atoms with van der Waals surface area (Å²) in [6, 6.07) is 1.92. The monoisotopic (exact) mass is 478 g/mol. The third-order valence-corrected chi connectivity index (χ3v) is 5.95. The van der Waals surface area contributed by atoms with Crippen LogP contribution >= 0.6 is 11.6 Å². The highest BCUT2D eigenvalue weighted by atomic mass is 35.5. The number of aryl methyl sites for hydroxylation is 1. The lowest BCUT2D eigenvalue weighted by Crippen LogP contribution is -2.31. The molecule has 0 aromatic carbocycles. The van der Waals surface area contributed by atoms with Crippen LogP contribution in [0.2, 0.25) is 5.28 Å². The molecule has 4 rings (SSSR count). The summed E-state index contributed by atoms with van der Waals surface area (Å²) in [4.78, 5) is 24.3. The molecule has 178 valence electrons. The van der Waals surface area contributed by atoms with Gasteiger partial charge in [-0.15, -0.1) is 0 Å². The zero-order chi connectivity index (χ0) is 23.5. The van der Waals surface area contributed by atoms with E-state index in [1.165, 1.54) is 6.33 Å². The molecule has 0 saturated carbocycles. The summed E-state index contributed by atoms with van der Waals surface area (Å²) in [6.45, 7) is 6.45. The number of nitrogens with zero attached hydrogens (tertiary/aromatic N) is 5. The van der Waals surface area contributed by atoms with Crippen LogP contribution in [0.15, 0.2) is 16.9 Å². The van der Waals surface area contributed by atoms with E-state index in [1.807, 2.05) is 6.92 Å². The van der Waals surface area contributed by atoms with Crippen molar-refractivity contribution in [1.29, 1.82) is 0 Å². The van der Waals surface area contributed by atoms with Crippen molar-refractivity contribution in [3.63, 3.8) is 0 Å². The minimum Gasteiger partial charge on any atom is -0.457 e. The van der Waals surface area contributed by atoms with Crippen LogP contribution in [0, 0.1) is 0 Å². The van der Waals surface area contributed by atoms with Gasteiger partial charge < -0.3 is 24.4 Å². The molecule has 2 N–H and O–H groups in total. The summed E-state index contributed by atoms with van der Waals surface area (Å²) in [5.74, 6) is 0.848. The minimum absolute atomic E-state index is 0.0279. The summed E-state index contributed by atoms with van der Waals surface area (Å²) >= 11 is 6.21. The predicted molar refractivity (Wildman–Crippen MR) is 119 cm³/mol. The highest BCUT2D eigenvalue weighted by Crippen LogP contribution is 2.41. The second-order valence-electron chi connectivity index (χ2n) is 7.93. The highest BCUT2D eigenvalue weighted by molar-refractivity contribution is 6.28. The molecule has 1 saturated heterocycles. The van der Waals surface area contributed by atoms with E-state index in [4.69, 9.17) is 25.6 Å². The van der Waals surface area contributed by atoms with E-state index >= 15 is 0 Å². The fourth-order valence-corrected chi connectivity index (χ4v) is 4.18. The average Bonchev–Trinajstić information content (AvgIpc) is 3.51. The molecule has 3 aromatic rings. The number of nitrogens with one attached hydrogen (secondary N) is 1. The Hall–Kier alpha value is -2.76. The summed E-state index contributed by atoms with van der Waals surface area (Å²) < 4.78 is 18.3. The van der Waals surface area contributed by atoms with E-state index < -0.39 is 24.5 Å². The van der Waals surface area contributed by atoms with Crippen molar-refractivity contribution in [3.05, 3.63) is 29.1 Å². The Bertz CT molecular complexity index is 1100. The smallest absolute Gasteiger partial charge is 0.293 e. The summed E-state index contributed by atoms with van der Waals surface area (Å²) in [7, 11) is 0. The third-order valence-electron chi connectivity index (χ3n) is 5.79. The second kappa shape index (κ2) is 10.0. The van der Waals surface area contributed by atoms with Crippen LogP contribution in [-0.2, 0) is 20.7 Å². The highest BCUT2D eigenvalue weighted by Gasteiger charge is 2.49. The van der Waals surface area contributed by atoms with Gasteiger partial charge in [-0.05, 0) is 30.9 Å². The van der Waals surface area contributed by atoms with Crippen molar-refractivity contribution in [1.82, 2.24) is 24.7 Å². The quantitative estimate of drug-likeness (QED) is 0.330. The van der Waals surface area contributed by atoms with Crippen LogP contribution in [0.1, 0.15) is 63.8 Å². The predicted octanol–water partition coefficient (Wildman–Crippen LogP) is 3.19. The molecule has 3 aromatic heterocycles. The molecule has 4 atom stereocenters. The van der Waals surface area contributed by atoms with Gasteiger partial charge in [0.1, 0.15) is 6.10 Å². The molecular formula is C21H27ClN6O5. The second-order valence-corrected chi connectivity index (χ2v) is 8.27. The number of halogens is 1. The zero-order valence-corrected chi connectivity index (χ0v) is 19.4. The fraction of sp³-hybridized carbons (Fsp3) is 0.571. The largest absolute Gasteiger partial charge is 0.457 e. The number of hydrogen-bond donors (Lipinski definition) is 2. The molecule has 0 radical (unpaired) electrons. The van der Waals surface area contributed by atoms with Crippen LogP contribution in [0.4, 0.5) is 5.82 Å². The van der Waals surface area contributed by atoms with Gasteiger partial charge in [-0.2, -0.15) is 9.97 Å². The van der Waals surface area contributed by atoms with Gasteiger partial charge in [0.05, 0.1) is 12.0 Å². The maximum Gasteiger partial charge on any atom is 0.293 e. The Kier molecular flexibility index (Phi) is 7.11. The van der Waals surface area contributed by atoms with E-state index in [-0.39, 0.29) is 17.8 Å². The van der Waals surface area contributed by atoms with E-state index in [9.17, 15) is 9.90 Å². The molecule has 4 heterocycles. The van der Waals surface area contributed by atoms with Gasteiger partial charge in [0.15, 0.2) is 41.2 Å². The molecule has 0 spiro atoms. The normalized spacial score (nSPS) is 22.8. The van der Waals surface area contributed by atoms with E-state index in [1.54, 1.807) is 10.6 Å². The van der Waals surface area contributed by atoms with Crippen molar-refractivity contribution < 1.29 is 23.9 Å². The number of ether oxygens (including phenoxy) is 2. The first kappa shape index (κ1) is 23.4. The summed E-state index contributed by atoms with van der Waals surface area (Å²) in [5.41, 5.74) is 1.62. The molecule has 1 aliphatic heterocycles. The number of fused-ring (bicyclic) bond motifs is 1. The molecule has 33 heavy (non-hydrogen) atoms. The topological polar surface area (TPSA) is 137 Å². The van der Waals surface area contributed by atoms with Gasteiger partial charge in [-0.3, -0.25) is 9.36 Å². The lowest BCUT2D eigenvalue weighted by Gasteiger charge is -2.20. The number of aliphatic hydroxyl groups is 1. The van der Waals surface area contributed by atoms with Crippen molar-refractivity contribution in [3.8, 4) is 0 Å². The molecule has 0 amide bonds. The Morgan fingerprint density at radius 2 is 2.12 bits per heavy atom. The van der Waals surface area contributed by atoms with Crippen LogP contribution in [-0.4, -0.2) is 54.5 Å². The van der Waals surface area contributed by atoms with Gasteiger partial charge in [0, 0.05) is 12.1 Å². The number of rotatable bonds is 10. The van der Waals surface area contributed by atoms with Crippen molar-refractivity contribution in [2.24, 2.45) is 0 Å². The molecule has 0 unspecified atom stereocenters. The number of aliphatic hydroxyl groups excluding tert-OH is 1. The first-order valence-electron chi connectivity index (χ1n) is 11.0. The number of anilines is 1. The first-order chi connectivity index (χ1) is 16.0. The molecule has 1 aliphatic rings. The van der Waals surface area contributed by atoms with Gasteiger partial charge in [-0.25, -0.2) is 4.98 Å². The van der Waals surface area contributed by atoms with Crippen LogP contribution in [0.5, 0.6) is 0 Å². The van der Waals surface area contributed by atoms with E-state index in [2.05, 4.69) is 39.3 Å². The number of hydrogen-bond acceptors (Lipinski definition) is 10. The lowest BCUT2D eigenvalue weighted by atomic mass is 10.1. The Morgan fingerprint density at radius 3 is 2.82 bits per heavy atom.